The fourth-order valence-corrected chi connectivity index (χ4v) is 7.38. The molecule has 1 unspecified atom stereocenters. The summed E-state index contributed by atoms with van der Waals surface area (Å²) >= 11 is 0. The van der Waals surface area contributed by atoms with Crippen LogP contribution in [0.3, 0.4) is 0 Å². The fourth-order valence-electron chi connectivity index (χ4n) is 4.00. The molecule has 1 amide bonds. The highest BCUT2D eigenvalue weighted by molar-refractivity contribution is 7.94. The van der Waals surface area contributed by atoms with Gasteiger partial charge in [-0.3, -0.25) is 4.79 Å². The first-order valence-electron chi connectivity index (χ1n) is 10.1. The zero-order valence-corrected chi connectivity index (χ0v) is 18.9. The van der Waals surface area contributed by atoms with E-state index in [2.05, 4.69) is 0 Å². The average molecular weight is 465 g/mol. The van der Waals surface area contributed by atoms with Crippen LogP contribution in [0.5, 0.6) is 5.75 Å². The van der Waals surface area contributed by atoms with Crippen molar-refractivity contribution < 1.29 is 26.4 Å². The number of sulfonamides is 2. The van der Waals surface area contributed by atoms with E-state index < -0.39 is 31.9 Å². The van der Waals surface area contributed by atoms with Crippen LogP contribution in [0.15, 0.2) is 47.4 Å². The van der Waals surface area contributed by atoms with Crippen LogP contribution in [0.4, 0.5) is 5.69 Å². The maximum absolute atomic E-state index is 13.6. The summed E-state index contributed by atoms with van der Waals surface area (Å²) in [6.07, 6.45) is 0.579. The fraction of sp³-hybridized carbons (Fsp3) is 0.381. The first-order valence-corrected chi connectivity index (χ1v) is 13.1. The lowest BCUT2D eigenvalue weighted by Gasteiger charge is -2.29. The molecule has 0 spiro atoms. The van der Waals surface area contributed by atoms with Crippen molar-refractivity contribution in [2.24, 2.45) is 5.92 Å². The van der Waals surface area contributed by atoms with E-state index in [1.54, 1.807) is 6.92 Å². The quantitative estimate of drug-likeness (QED) is 0.672. The molecule has 4 rings (SSSR count). The van der Waals surface area contributed by atoms with Gasteiger partial charge < -0.3 is 4.74 Å². The minimum atomic E-state index is -4.00. The van der Waals surface area contributed by atoms with Crippen molar-refractivity contribution in [3.8, 4) is 5.75 Å². The van der Waals surface area contributed by atoms with E-state index in [0.717, 1.165) is 11.1 Å². The van der Waals surface area contributed by atoms with E-state index in [4.69, 9.17) is 4.74 Å². The summed E-state index contributed by atoms with van der Waals surface area (Å²) in [6.45, 7) is 4.02. The van der Waals surface area contributed by atoms with Crippen LogP contribution in [0.2, 0.25) is 0 Å². The van der Waals surface area contributed by atoms with Crippen LogP contribution >= 0.6 is 0 Å². The second-order valence-corrected chi connectivity index (χ2v) is 11.5. The van der Waals surface area contributed by atoms with Gasteiger partial charge in [-0.2, -0.15) is 4.31 Å². The number of hydrogen-bond donors (Lipinski definition) is 0. The Bertz CT molecular complexity index is 1240. The normalized spacial score (nSPS) is 21.2. The van der Waals surface area contributed by atoms with Crippen LogP contribution in [-0.4, -0.2) is 46.0 Å². The number of carbonyl (C=O) groups excluding carboxylic acids is 1. The molecule has 0 bridgehead atoms. The smallest absolute Gasteiger partial charge is 0.247 e. The van der Waals surface area contributed by atoms with Gasteiger partial charge in [-0.05, 0) is 42.7 Å². The molecular formula is C21H24N2O6S2. The standard InChI is InChI=1S/C21H24N2O6S2/c1-3-29-19-9-8-18(23-21(24)15(2)14-30(23,25)26)12-20(19)31(27,28)22-11-10-16-6-4-5-7-17(16)13-22/h4-9,12,15H,3,10-11,13-14H2,1-2H3. The zero-order valence-electron chi connectivity index (χ0n) is 17.3. The summed E-state index contributed by atoms with van der Waals surface area (Å²) in [5, 5.41) is 0. The first-order chi connectivity index (χ1) is 14.6. The summed E-state index contributed by atoms with van der Waals surface area (Å²) in [5.74, 6) is -1.43. The number of nitrogens with zero attached hydrogens (tertiary/aromatic N) is 2. The number of amides is 1. The minimum absolute atomic E-state index is 0.00814. The van der Waals surface area contributed by atoms with Crippen molar-refractivity contribution in [2.75, 3.05) is 23.2 Å². The molecule has 10 heteroatoms. The molecule has 0 saturated carbocycles. The topological polar surface area (TPSA) is 101 Å². The molecule has 31 heavy (non-hydrogen) atoms. The Labute approximate surface area is 182 Å². The number of ether oxygens (including phenoxy) is 1. The third kappa shape index (κ3) is 3.83. The van der Waals surface area contributed by atoms with Gasteiger partial charge in [0.25, 0.3) is 0 Å². The molecule has 2 aromatic rings. The Morgan fingerprint density at radius 3 is 2.48 bits per heavy atom. The molecule has 0 N–H and O–H groups in total. The number of benzene rings is 2. The van der Waals surface area contributed by atoms with Gasteiger partial charge in [-0.1, -0.05) is 31.2 Å². The van der Waals surface area contributed by atoms with Crippen molar-refractivity contribution in [2.45, 2.75) is 31.7 Å². The molecule has 2 aliphatic rings. The highest BCUT2D eigenvalue weighted by Gasteiger charge is 2.43. The molecule has 1 fully saturated rings. The van der Waals surface area contributed by atoms with Gasteiger partial charge in [0.1, 0.15) is 10.6 Å². The largest absolute Gasteiger partial charge is 0.492 e. The highest BCUT2D eigenvalue weighted by Crippen LogP contribution is 2.36. The molecule has 166 valence electrons. The maximum atomic E-state index is 13.6. The summed E-state index contributed by atoms with van der Waals surface area (Å²) in [4.78, 5) is 12.3. The summed E-state index contributed by atoms with van der Waals surface area (Å²) in [6, 6.07) is 11.7. The van der Waals surface area contributed by atoms with Gasteiger partial charge in [0.05, 0.1) is 24.0 Å². The summed E-state index contributed by atoms with van der Waals surface area (Å²) < 4.78 is 59.7. The Morgan fingerprint density at radius 2 is 1.84 bits per heavy atom. The van der Waals surface area contributed by atoms with Gasteiger partial charge >= 0.3 is 0 Å². The Hall–Kier alpha value is -2.43. The van der Waals surface area contributed by atoms with Crippen molar-refractivity contribution in [3.05, 3.63) is 53.6 Å². The van der Waals surface area contributed by atoms with Crippen LogP contribution < -0.4 is 9.04 Å². The molecule has 1 saturated heterocycles. The summed E-state index contributed by atoms with van der Waals surface area (Å²) in [7, 11) is -7.86. The lowest BCUT2D eigenvalue weighted by molar-refractivity contribution is -0.119. The molecule has 1 atom stereocenters. The van der Waals surface area contributed by atoms with Crippen molar-refractivity contribution in [1.82, 2.24) is 4.31 Å². The predicted octanol–water partition coefficient (Wildman–Crippen LogP) is 2.14. The van der Waals surface area contributed by atoms with Crippen LogP contribution in [-0.2, 0) is 37.8 Å². The number of hydrogen-bond acceptors (Lipinski definition) is 6. The third-order valence-electron chi connectivity index (χ3n) is 5.54. The molecule has 0 aliphatic carbocycles. The van der Waals surface area contributed by atoms with Crippen LogP contribution in [0, 0.1) is 5.92 Å². The second kappa shape index (κ2) is 7.92. The molecule has 0 aromatic heterocycles. The van der Waals surface area contributed by atoms with E-state index >= 15 is 0 Å². The molecule has 2 heterocycles. The Kier molecular flexibility index (Phi) is 5.57. The second-order valence-electron chi connectivity index (χ2n) is 7.70. The zero-order chi connectivity index (χ0) is 22.4. The SMILES string of the molecule is CCOc1ccc(N2C(=O)C(C)CS2(=O)=O)cc1S(=O)(=O)N1CCc2ccccc2C1. The highest BCUT2D eigenvalue weighted by atomic mass is 32.2. The predicted molar refractivity (Wildman–Crippen MR) is 116 cm³/mol. The molecule has 2 aromatic carbocycles. The summed E-state index contributed by atoms with van der Waals surface area (Å²) in [5.41, 5.74) is 2.04. The maximum Gasteiger partial charge on any atom is 0.247 e. The Balaban J connectivity index is 1.78. The van der Waals surface area contributed by atoms with E-state index in [9.17, 15) is 21.6 Å². The van der Waals surface area contributed by atoms with Crippen molar-refractivity contribution >= 4 is 31.6 Å². The van der Waals surface area contributed by atoms with E-state index in [1.807, 2.05) is 24.3 Å². The molecule has 0 radical (unpaired) electrons. The lowest BCUT2D eigenvalue weighted by Crippen LogP contribution is -2.36. The number of anilines is 1. The Morgan fingerprint density at radius 1 is 1.13 bits per heavy atom. The molecule has 8 nitrogen and oxygen atoms in total. The van der Waals surface area contributed by atoms with Crippen LogP contribution in [0.1, 0.15) is 25.0 Å². The van der Waals surface area contributed by atoms with Gasteiger partial charge in [-0.15, -0.1) is 0 Å². The van der Waals surface area contributed by atoms with Crippen molar-refractivity contribution in [3.63, 3.8) is 0 Å². The van der Waals surface area contributed by atoms with E-state index in [0.29, 0.717) is 17.3 Å². The molecule has 2 aliphatic heterocycles. The average Bonchev–Trinajstić information content (AvgIpc) is 2.94. The monoisotopic (exact) mass is 464 g/mol. The van der Waals surface area contributed by atoms with Crippen LogP contribution in [0.25, 0.3) is 0 Å². The lowest BCUT2D eigenvalue weighted by atomic mass is 10.0. The van der Waals surface area contributed by atoms with E-state index in [1.165, 1.54) is 29.4 Å². The number of fused-ring (bicyclic) bond motifs is 1. The molecular weight excluding hydrogens is 440 g/mol. The van der Waals surface area contributed by atoms with Gasteiger partial charge in [0.15, 0.2) is 0 Å². The first kappa shape index (κ1) is 21.8. The van der Waals surface area contributed by atoms with Gasteiger partial charge in [0, 0.05) is 13.1 Å². The van der Waals surface area contributed by atoms with Crippen molar-refractivity contribution in [1.29, 1.82) is 0 Å². The minimum Gasteiger partial charge on any atom is -0.492 e. The van der Waals surface area contributed by atoms with Gasteiger partial charge in [0.2, 0.25) is 26.0 Å². The number of carbonyl (C=O) groups is 1. The number of rotatable bonds is 5. The van der Waals surface area contributed by atoms with E-state index in [-0.39, 0.29) is 35.2 Å². The third-order valence-corrected chi connectivity index (χ3v) is 9.27. The van der Waals surface area contributed by atoms with Gasteiger partial charge in [-0.25, -0.2) is 21.1 Å².